The van der Waals surface area contributed by atoms with Gasteiger partial charge < -0.3 is 10.1 Å². The average Bonchev–Trinajstić information content (AvgIpc) is 2.76. The third-order valence-corrected chi connectivity index (χ3v) is 5.44. The number of ether oxygens (including phenoxy) is 1. The highest BCUT2D eigenvalue weighted by Gasteiger charge is 2.22. The smallest absolute Gasteiger partial charge is 0.315 e. The second-order valence-electron chi connectivity index (χ2n) is 6.51. The van der Waals surface area contributed by atoms with Crippen LogP contribution in [0.25, 0.3) is 0 Å². The largest absolute Gasteiger partial charge is 0.468 e. The monoisotopic (exact) mass is 405 g/mol. The molecule has 5 heteroatoms. The molecule has 0 bridgehead atoms. The molecule has 0 aliphatic carbocycles. The Kier molecular flexibility index (Phi) is 7.47. The number of anilines is 1. The van der Waals surface area contributed by atoms with Gasteiger partial charge in [0.25, 0.3) is 0 Å². The fourth-order valence-corrected chi connectivity index (χ4v) is 3.81. The molecule has 0 aromatic heterocycles. The Morgan fingerprint density at radius 2 is 1.41 bits per heavy atom. The highest BCUT2D eigenvalue weighted by molar-refractivity contribution is 7.99. The lowest BCUT2D eigenvalue weighted by Gasteiger charge is -2.18. The predicted molar refractivity (Wildman–Crippen MR) is 118 cm³/mol. The van der Waals surface area contributed by atoms with Gasteiger partial charge in [-0.25, -0.2) is 0 Å². The number of hydrogen-bond donors (Lipinski definition) is 1. The molecule has 0 saturated carbocycles. The first-order chi connectivity index (χ1) is 14.2. The summed E-state index contributed by atoms with van der Waals surface area (Å²) >= 11 is 1.50. The Hall–Kier alpha value is -3.05. The van der Waals surface area contributed by atoms with Crippen molar-refractivity contribution in [2.75, 3.05) is 18.2 Å². The van der Waals surface area contributed by atoms with E-state index < -0.39 is 0 Å². The molecule has 148 valence electrons. The van der Waals surface area contributed by atoms with Gasteiger partial charge in [-0.1, -0.05) is 72.8 Å². The number of thioether (sulfide) groups is 1. The standard InChI is InChI=1S/C24H23NO3S/c1-28-22(26)17-29-16-18-12-14-21(15-13-18)25-24(27)23(19-8-4-2-5-9-19)20-10-6-3-7-11-20/h2-15,23H,16-17H2,1H3,(H,25,27). The zero-order valence-corrected chi connectivity index (χ0v) is 17.0. The summed E-state index contributed by atoms with van der Waals surface area (Å²) in [6.45, 7) is 0. The first-order valence-electron chi connectivity index (χ1n) is 9.31. The zero-order valence-electron chi connectivity index (χ0n) is 16.2. The third kappa shape index (κ3) is 5.96. The van der Waals surface area contributed by atoms with E-state index in [4.69, 9.17) is 0 Å². The number of benzene rings is 3. The minimum atomic E-state index is -0.382. The first kappa shape index (κ1) is 20.7. The molecule has 0 unspecified atom stereocenters. The van der Waals surface area contributed by atoms with E-state index in [1.165, 1.54) is 18.9 Å². The maximum Gasteiger partial charge on any atom is 0.315 e. The lowest BCUT2D eigenvalue weighted by Crippen LogP contribution is -2.22. The maximum atomic E-state index is 13.1. The second kappa shape index (κ2) is 10.5. The fourth-order valence-electron chi connectivity index (χ4n) is 3.00. The summed E-state index contributed by atoms with van der Waals surface area (Å²) in [5, 5.41) is 3.03. The van der Waals surface area contributed by atoms with Gasteiger partial charge in [-0.3, -0.25) is 9.59 Å². The summed E-state index contributed by atoms with van der Waals surface area (Å²) in [5.74, 6) is 0.347. The molecule has 3 aromatic rings. The first-order valence-corrected chi connectivity index (χ1v) is 10.5. The summed E-state index contributed by atoms with van der Waals surface area (Å²) < 4.78 is 4.64. The van der Waals surface area contributed by atoms with Crippen LogP contribution in [0.15, 0.2) is 84.9 Å². The third-order valence-electron chi connectivity index (χ3n) is 4.47. The van der Waals surface area contributed by atoms with Gasteiger partial charge in [-0.05, 0) is 28.8 Å². The number of carbonyl (C=O) groups excluding carboxylic acids is 2. The van der Waals surface area contributed by atoms with E-state index in [2.05, 4.69) is 10.1 Å². The van der Waals surface area contributed by atoms with Crippen LogP contribution in [-0.2, 0) is 20.1 Å². The number of nitrogens with one attached hydrogen (secondary N) is 1. The Morgan fingerprint density at radius 1 is 0.862 bits per heavy atom. The molecule has 0 fully saturated rings. The van der Waals surface area contributed by atoms with E-state index in [0.717, 1.165) is 22.4 Å². The summed E-state index contributed by atoms with van der Waals surface area (Å²) in [6.07, 6.45) is 0. The molecule has 0 spiro atoms. The maximum absolute atomic E-state index is 13.1. The molecule has 0 heterocycles. The fraction of sp³-hybridized carbons (Fsp3) is 0.167. The molecule has 3 aromatic carbocycles. The molecule has 3 rings (SSSR count). The predicted octanol–water partition coefficient (Wildman–Crippen LogP) is 4.86. The lowest BCUT2D eigenvalue weighted by molar-refractivity contribution is -0.137. The van der Waals surface area contributed by atoms with Gasteiger partial charge in [0.1, 0.15) is 0 Å². The molecule has 1 N–H and O–H groups in total. The van der Waals surface area contributed by atoms with E-state index in [1.54, 1.807) is 0 Å². The number of rotatable bonds is 8. The molecular weight excluding hydrogens is 382 g/mol. The van der Waals surface area contributed by atoms with Crippen molar-refractivity contribution in [2.45, 2.75) is 11.7 Å². The van der Waals surface area contributed by atoms with Crippen LogP contribution in [0.4, 0.5) is 5.69 Å². The van der Waals surface area contributed by atoms with Crippen molar-refractivity contribution in [3.8, 4) is 0 Å². The normalized spacial score (nSPS) is 10.6. The van der Waals surface area contributed by atoms with Crippen molar-refractivity contribution >= 4 is 29.3 Å². The van der Waals surface area contributed by atoms with Crippen LogP contribution in [0.2, 0.25) is 0 Å². The minimum absolute atomic E-state index is 0.0739. The molecule has 29 heavy (non-hydrogen) atoms. The molecule has 4 nitrogen and oxygen atoms in total. The topological polar surface area (TPSA) is 55.4 Å². The van der Waals surface area contributed by atoms with E-state index in [9.17, 15) is 9.59 Å². The summed E-state index contributed by atoms with van der Waals surface area (Å²) in [6, 6.07) is 27.2. The van der Waals surface area contributed by atoms with Gasteiger partial charge in [0.05, 0.1) is 18.8 Å². The van der Waals surface area contributed by atoms with Gasteiger partial charge in [0.2, 0.25) is 5.91 Å². The van der Waals surface area contributed by atoms with Crippen LogP contribution in [0.1, 0.15) is 22.6 Å². The van der Waals surface area contributed by atoms with Crippen molar-refractivity contribution in [1.82, 2.24) is 0 Å². The second-order valence-corrected chi connectivity index (χ2v) is 7.50. The molecule has 1 amide bonds. The Labute approximate surface area is 175 Å². The number of esters is 1. The molecule has 0 aliphatic rings. The van der Waals surface area contributed by atoms with Crippen LogP contribution >= 0.6 is 11.8 Å². The molecule has 0 radical (unpaired) electrons. The zero-order chi connectivity index (χ0) is 20.5. The van der Waals surface area contributed by atoms with Gasteiger partial charge >= 0.3 is 5.97 Å². The highest BCUT2D eigenvalue weighted by atomic mass is 32.2. The quantitative estimate of drug-likeness (QED) is 0.544. The number of carbonyl (C=O) groups is 2. The number of hydrogen-bond acceptors (Lipinski definition) is 4. The van der Waals surface area contributed by atoms with Crippen LogP contribution in [0.3, 0.4) is 0 Å². The number of methoxy groups -OCH3 is 1. The molecule has 0 atom stereocenters. The van der Waals surface area contributed by atoms with E-state index in [1.807, 2.05) is 84.9 Å². The summed E-state index contributed by atoms with van der Waals surface area (Å²) in [4.78, 5) is 24.3. The summed E-state index contributed by atoms with van der Waals surface area (Å²) in [5.41, 5.74) is 3.73. The summed E-state index contributed by atoms with van der Waals surface area (Å²) in [7, 11) is 1.39. The van der Waals surface area contributed by atoms with E-state index in [-0.39, 0.29) is 17.8 Å². The SMILES string of the molecule is COC(=O)CSCc1ccc(NC(=O)C(c2ccccc2)c2ccccc2)cc1. The Balaban J connectivity index is 1.69. The van der Waals surface area contributed by atoms with Crippen LogP contribution in [-0.4, -0.2) is 24.7 Å². The minimum Gasteiger partial charge on any atom is -0.468 e. The van der Waals surface area contributed by atoms with Gasteiger partial charge in [0, 0.05) is 11.4 Å². The Bertz CT molecular complexity index is 888. The number of amides is 1. The lowest BCUT2D eigenvalue weighted by atomic mass is 9.90. The molecule has 0 saturated heterocycles. The van der Waals surface area contributed by atoms with Crippen LogP contribution in [0.5, 0.6) is 0 Å². The van der Waals surface area contributed by atoms with Crippen molar-refractivity contribution in [3.63, 3.8) is 0 Å². The van der Waals surface area contributed by atoms with Crippen LogP contribution < -0.4 is 5.32 Å². The van der Waals surface area contributed by atoms with Crippen molar-refractivity contribution < 1.29 is 14.3 Å². The highest BCUT2D eigenvalue weighted by Crippen LogP contribution is 2.26. The molecular formula is C24H23NO3S. The molecule has 0 aliphatic heterocycles. The van der Waals surface area contributed by atoms with Crippen molar-refractivity contribution in [2.24, 2.45) is 0 Å². The van der Waals surface area contributed by atoms with Crippen molar-refractivity contribution in [3.05, 3.63) is 102 Å². The van der Waals surface area contributed by atoms with Crippen LogP contribution in [0, 0.1) is 0 Å². The van der Waals surface area contributed by atoms with Crippen molar-refractivity contribution in [1.29, 1.82) is 0 Å². The van der Waals surface area contributed by atoms with Gasteiger partial charge in [-0.15, -0.1) is 11.8 Å². The van der Waals surface area contributed by atoms with E-state index in [0.29, 0.717) is 11.5 Å². The Morgan fingerprint density at radius 3 is 1.93 bits per heavy atom. The average molecular weight is 406 g/mol. The van der Waals surface area contributed by atoms with Gasteiger partial charge in [-0.2, -0.15) is 0 Å². The van der Waals surface area contributed by atoms with Gasteiger partial charge in [0.15, 0.2) is 0 Å². The van der Waals surface area contributed by atoms with E-state index >= 15 is 0 Å².